The molecule has 2 fully saturated rings. The first-order valence-corrected chi connectivity index (χ1v) is 12.0. The minimum absolute atomic E-state index is 0.0316. The van der Waals surface area contributed by atoms with Crippen molar-refractivity contribution < 1.29 is 18.0 Å². The number of carbonyl (C=O) groups excluding carboxylic acids is 1. The zero-order valence-electron chi connectivity index (χ0n) is 19.7. The molecule has 9 nitrogen and oxygen atoms in total. The van der Waals surface area contributed by atoms with Crippen molar-refractivity contribution in [2.75, 3.05) is 36.4 Å². The highest BCUT2D eigenvalue weighted by atomic mass is 19.4. The molecule has 1 N–H and O–H groups in total. The number of carbonyl (C=O) groups is 1. The predicted octanol–water partition coefficient (Wildman–Crippen LogP) is 3.51. The van der Waals surface area contributed by atoms with Gasteiger partial charge in [-0.1, -0.05) is 6.58 Å². The van der Waals surface area contributed by atoms with Crippen LogP contribution in [0.4, 0.5) is 25.1 Å². The lowest BCUT2D eigenvalue weighted by atomic mass is 9.92. The Morgan fingerprint density at radius 2 is 1.81 bits per heavy atom. The van der Waals surface area contributed by atoms with Crippen LogP contribution in [0, 0.1) is 0 Å². The number of nitrogens with one attached hydrogen (secondary N) is 1. The summed E-state index contributed by atoms with van der Waals surface area (Å²) in [4.78, 5) is 32.9. The van der Waals surface area contributed by atoms with E-state index in [1.54, 1.807) is 6.20 Å². The van der Waals surface area contributed by atoms with E-state index < -0.39 is 11.7 Å². The highest BCUT2D eigenvalue weighted by molar-refractivity contribution is 5.87. The Morgan fingerprint density at radius 3 is 2.50 bits per heavy atom. The summed E-state index contributed by atoms with van der Waals surface area (Å²) in [6.45, 7) is 6.34. The van der Waals surface area contributed by atoms with Gasteiger partial charge >= 0.3 is 6.18 Å². The van der Waals surface area contributed by atoms with Crippen LogP contribution in [0.5, 0.6) is 0 Å². The van der Waals surface area contributed by atoms with Crippen LogP contribution in [-0.2, 0) is 11.0 Å². The van der Waals surface area contributed by atoms with Crippen molar-refractivity contribution in [3.8, 4) is 0 Å². The molecule has 3 aromatic heterocycles. The first-order chi connectivity index (χ1) is 17.3. The summed E-state index contributed by atoms with van der Waals surface area (Å²) in [5.41, 5.74) is 1.05. The molecule has 1 atom stereocenters. The lowest BCUT2D eigenvalue weighted by molar-refractivity contribution is -0.138. The van der Waals surface area contributed by atoms with Crippen molar-refractivity contribution in [1.29, 1.82) is 0 Å². The molecule has 190 valence electrons. The zero-order chi connectivity index (χ0) is 25.3. The molecule has 0 aromatic carbocycles. The Bertz CT molecular complexity index is 1230. The van der Waals surface area contributed by atoms with E-state index in [0.717, 1.165) is 61.8 Å². The van der Waals surface area contributed by atoms with Gasteiger partial charge in [0.05, 0.1) is 23.0 Å². The van der Waals surface area contributed by atoms with E-state index in [2.05, 4.69) is 31.7 Å². The average Bonchev–Trinajstić information content (AvgIpc) is 3.33. The van der Waals surface area contributed by atoms with Gasteiger partial charge in [0.1, 0.15) is 0 Å². The minimum Gasteiger partial charge on any atom is -0.350 e. The fourth-order valence-electron chi connectivity index (χ4n) is 4.99. The molecule has 2 saturated heterocycles. The van der Waals surface area contributed by atoms with E-state index in [1.807, 2.05) is 21.7 Å². The van der Waals surface area contributed by atoms with Gasteiger partial charge in [-0.15, -0.1) is 0 Å². The summed E-state index contributed by atoms with van der Waals surface area (Å²) in [7, 11) is 0. The SMILES string of the molecule is C=CC(=O)N1CCC(c2nccn3c(N4CCC[C@@H](Nc5ncc(C(F)(F)F)cn5)C4)ncc23)CC1. The summed E-state index contributed by atoms with van der Waals surface area (Å²) in [6, 6.07) is -0.0316. The minimum atomic E-state index is -4.46. The molecule has 3 aromatic rings. The summed E-state index contributed by atoms with van der Waals surface area (Å²) >= 11 is 0. The molecule has 0 aliphatic carbocycles. The number of alkyl halides is 3. The zero-order valence-corrected chi connectivity index (χ0v) is 19.7. The molecule has 2 aliphatic rings. The molecule has 0 saturated carbocycles. The van der Waals surface area contributed by atoms with E-state index in [4.69, 9.17) is 4.98 Å². The van der Waals surface area contributed by atoms with Crippen molar-refractivity contribution in [3.05, 3.63) is 54.9 Å². The van der Waals surface area contributed by atoms with Crippen molar-refractivity contribution in [3.63, 3.8) is 0 Å². The molecule has 0 spiro atoms. The average molecular weight is 501 g/mol. The van der Waals surface area contributed by atoms with Gasteiger partial charge in [-0.2, -0.15) is 13.2 Å². The maximum absolute atomic E-state index is 12.8. The third kappa shape index (κ3) is 4.84. The van der Waals surface area contributed by atoms with Crippen molar-refractivity contribution in [2.45, 2.75) is 43.8 Å². The first kappa shape index (κ1) is 24.0. The number of hydrogen-bond acceptors (Lipinski definition) is 7. The molecular weight excluding hydrogens is 473 g/mol. The molecule has 0 unspecified atom stereocenters. The molecule has 12 heteroatoms. The second-order valence-corrected chi connectivity index (χ2v) is 9.15. The summed E-state index contributed by atoms with van der Waals surface area (Å²) in [5, 5.41) is 3.16. The molecule has 1 amide bonds. The van der Waals surface area contributed by atoms with Gasteiger partial charge < -0.3 is 15.1 Å². The smallest absolute Gasteiger partial charge is 0.350 e. The largest absolute Gasteiger partial charge is 0.419 e. The van der Waals surface area contributed by atoms with Crippen molar-refractivity contribution in [1.82, 2.24) is 29.2 Å². The van der Waals surface area contributed by atoms with Crippen LogP contribution in [0.2, 0.25) is 0 Å². The summed E-state index contributed by atoms with van der Waals surface area (Å²) < 4.78 is 40.4. The van der Waals surface area contributed by atoms with Crippen LogP contribution in [0.25, 0.3) is 5.52 Å². The molecular formula is C24H27F3N8O. The number of nitrogens with zero attached hydrogens (tertiary/aromatic N) is 7. The Kier molecular flexibility index (Phi) is 6.50. The fraction of sp³-hybridized carbons (Fsp3) is 0.458. The van der Waals surface area contributed by atoms with E-state index in [0.29, 0.717) is 19.6 Å². The normalized spacial score (nSPS) is 19.5. The number of piperidine rings is 2. The van der Waals surface area contributed by atoms with Gasteiger partial charge in [-0.05, 0) is 31.8 Å². The van der Waals surface area contributed by atoms with Gasteiger partial charge in [-0.25, -0.2) is 15.0 Å². The third-order valence-corrected chi connectivity index (χ3v) is 6.85. The molecule has 5 rings (SSSR count). The number of fused-ring (bicyclic) bond motifs is 1. The first-order valence-electron chi connectivity index (χ1n) is 12.0. The predicted molar refractivity (Wildman–Crippen MR) is 128 cm³/mol. The summed E-state index contributed by atoms with van der Waals surface area (Å²) in [5.74, 6) is 1.17. The topological polar surface area (TPSA) is 91.6 Å². The van der Waals surface area contributed by atoms with Crippen LogP contribution in [0.1, 0.15) is 42.9 Å². The van der Waals surface area contributed by atoms with Gasteiger partial charge in [-0.3, -0.25) is 14.2 Å². The van der Waals surface area contributed by atoms with E-state index in [1.165, 1.54) is 6.08 Å². The molecule has 2 aliphatic heterocycles. The van der Waals surface area contributed by atoms with Gasteiger partial charge in [0, 0.05) is 62.9 Å². The van der Waals surface area contributed by atoms with Crippen molar-refractivity contribution >= 4 is 23.3 Å². The Balaban J connectivity index is 1.29. The monoisotopic (exact) mass is 500 g/mol. The molecule has 36 heavy (non-hydrogen) atoms. The van der Waals surface area contributed by atoms with Crippen LogP contribution in [-0.4, -0.2) is 67.4 Å². The lowest BCUT2D eigenvalue weighted by Gasteiger charge is -2.33. The number of imidazole rings is 1. The van der Waals surface area contributed by atoms with Crippen LogP contribution in [0.3, 0.4) is 0 Å². The summed E-state index contributed by atoms with van der Waals surface area (Å²) in [6.07, 6.45) is 7.40. The van der Waals surface area contributed by atoms with Crippen molar-refractivity contribution in [2.24, 2.45) is 0 Å². The quantitative estimate of drug-likeness (QED) is 0.536. The van der Waals surface area contributed by atoms with Gasteiger partial charge in [0.2, 0.25) is 17.8 Å². The second kappa shape index (κ2) is 9.75. The number of likely N-dealkylation sites (tertiary alicyclic amines) is 1. The van der Waals surface area contributed by atoms with E-state index >= 15 is 0 Å². The second-order valence-electron chi connectivity index (χ2n) is 9.15. The van der Waals surface area contributed by atoms with Gasteiger partial charge in [0.15, 0.2) is 0 Å². The maximum atomic E-state index is 12.8. The highest BCUT2D eigenvalue weighted by Crippen LogP contribution is 2.32. The molecule has 0 radical (unpaired) electrons. The number of halogens is 3. The standard InChI is InChI=1S/C24H27F3N8O/c1-2-20(36)33-9-5-16(6-10-33)21-19-14-31-23(35(19)11-7-28-21)34-8-3-4-18(15-34)32-22-29-12-17(13-30-22)24(25,26)27/h2,7,11-14,16,18H,1,3-6,8-10,15H2,(H,29,30,32)/t18-/m1/s1. The molecule has 0 bridgehead atoms. The van der Waals surface area contributed by atoms with Crippen LogP contribution < -0.4 is 10.2 Å². The Morgan fingerprint density at radius 1 is 1.06 bits per heavy atom. The fourth-order valence-corrected chi connectivity index (χ4v) is 4.99. The third-order valence-electron chi connectivity index (χ3n) is 6.85. The molecule has 5 heterocycles. The Labute approximate surface area is 206 Å². The number of hydrogen-bond donors (Lipinski definition) is 1. The number of rotatable bonds is 5. The lowest BCUT2D eigenvalue weighted by Crippen LogP contribution is -2.43. The highest BCUT2D eigenvalue weighted by Gasteiger charge is 2.32. The van der Waals surface area contributed by atoms with Crippen LogP contribution >= 0.6 is 0 Å². The van der Waals surface area contributed by atoms with E-state index in [9.17, 15) is 18.0 Å². The van der Waals surface area contributed by atoms with Crippen LogP contribution in [0.15, 0.2) is 43.6 Å². The maximum Gasteiger partial charge on any atom is 0.419 e. The Hall–Kier alpha value is -3.70. The number of anilines is 2. The number of aromatic nitrogens is 5. The van der Waals surface area contributed by atoms with Gasteiger partial charge in [0.25, 0.3) is 0 Å². The number of amides is 1. The van der Waals surface area contributed by atoms with E-state index in [-0.39, 0.29) is 23.8 Å².